The highest BCUT2D eigenvalue weighted by Gasteiger charge is 2.34. The number of carbonyl (C=O) groups is 1. The van der Waals surface area contributed by atoms with Crippen molar-refractivity contribution in [1.82, 2.24) is 15.5 Å². The summed E-state index contributed by atoms with van der Waals surface area (Å²) in [4.78, 5) is 14.7. The summed E-state index contributed by atoms with van der Waals surface area (Å²) in [5.41, 5.74) is 3.52. The van der Waals surface area contributed by atoms with Gasteiger partial charge in [-0.3, -0.25) is 4.79 Å². The molecule has 4 rings (SSSR count). The van der Waals surface area contributed by atoms with Crippen LogP contribution in [0.3, 0.4) is 0 Å². The Morgan fingerprint density at radius 1 is 1.13 bits per heavy atom. The fourth-order valence-electron chi connectivity index (χ4n) is 4.16. The maximum Gasteiger partial charge on any atom is 0.240 e. The van der Waals surface area contributed by atoms with Gasteiger partial charge in [-0.05, 0) is 48.2 Å². The van der Waals surface area contributed by atoms with Crippen molar-refractivity contribution in [1.29, 1.82) is 10.5 Å². The minimum Gasteiger partial charge on any atom is -0.331 e. The first-order chi connectivity index (χ1) is 15.2. The zero-order valence-electron chi connectivity index (χ0n) is 17.3. The smallest absolute Gasteiger partial charge is 0.240 e. The van der Waals surface area contributed by atoms with Crippen LogP contribution in [0.2, 0.25) is 0 Å². The molecule has 2 aromatic rings. The number of amides is 1. The molecule has 2 heterocycles. The fourth-order valence-corrected chi connectivity index (χ4v) is 5.11. The van der Waals surface area contributed by atoms with Gasteiger partial charge in [-0.1, -0.05) is 24.3 Å². The van der Waals surface area contributed by atoms with Crippen molar-refractivity contribution in [2.45, 2.75) is 31.0 Å². The van der Waals surface area contributed by atoms with Gasteiger partial charge < -0.3 is 15.5 Å². The number of benzene rings is 2. The Hall–Kier alpha value is -2.84. The minimum atomic E-state index is -0.132. The molecule has 2 saturated heterocycles. The lowest BCUT2D eigenvalue weighted by molar-refractivity contribution is -0.131. The van der Waals surface area contributed by atoms with Gasteiger partial charge in [0.2, 0.25) is 5.91 Å². The maximum atomic E-state index is 12.7. The highest BCUT2D eigenvalue weighted by atomic mass is 32.2. The predicted octanol–water partition coefficient (Wildman–Crippen LogP) is 2.57. The summed E-state index contributed by atoms with van der Waals surface area (Å²) in [5, 5.41) is 25.3. The van der Waals surface area contributed by atoms with E-state index in [0.29, 0.717) is 11.1 Å². The van der Waals surface area contributed by atoms with Gasteiger partial charge in [0, 0.05) is 30.9 Å². The van der Waals surface area contributed by atoms with E-state index in [2.05, 4.69) is 22.8 Å². The van der Waals surface area contributed by atoms with Gasteiger partial charge in [-0.15, -0.1) is 11.8 Å². The standard InChI is InChI=1S/C24H25N5OS/c25-13-18-3-1-17(2-4-18)11-22(20-7-5-19(14-26)6-8-20)28-21-12-23(27-15-21)24(30)29-9-10-31-16-29/h1-8,21-23,27-28H,9-12,15-16H2/t21-,22?,23-/m0/s1. The molecule has 2 aliphatic rings. The molecule has 3 atom stereocenters. The van der Waals surface area contributed by atoms with E-state index in [4.69, 9.17) is 10.5 Å². The summed E-state index contributed by atoms with van der Waals surface area (Å²) in [6, 6.07) is 19.7. The van der Waals surface area contributed by atoms with Crippen molar-refractivity contribution >= 4 is 17.7 Å². The number of nitriles is 2. The maximum absolute atomic E-state index is 12.7. The zero-order chi connectivity index (χ0) is 21.6. The predicted molar refractivity (Wildman–Crippen MR) is 121 cm³/mol. The number of hydrogen-bond acceptors (Lipinski definition) is 6. The van der Waals surface area contributed by atoms with Crippen LogP contribution in [0.4, 0.5) is 0 Å². The molecule has 0 aliphatic carbocycles. The van der Waals surface area contributed by atoms with Crippen molar-refractivity contribution in [2.24, 2.45) is 0 Å². The first-order valence-electron chi connectivity index (χ1n) is 10.5. The lowest BCUT2D eigenvalue weighted by atomic mass is 9.96. The molecule has 0 saturated carbocycles. The molecule has 0 bridgehead atoms. The van der Waals surface area contributed by atoms with Gasteiger partial charge in [0.25, 0.3) is 0 Å². The van der Waals surface area contributed by atoms with E-state index in [1.807, 2.05) is 53.4 Å². The van der Waals surface area contributed by atoms with E-state index in [1.165, 1.54) is 0 Å². The average molecular weight is 432 g/mol. The minimum absolute atomic E-state index is 0.0451. The Bertz CT molecular complexity index is 987. The number of thioether (sulfide) groups is 1. The van der Waals surface area contributed by atoms with E-state index in [-0.39, 0.29) is 24.0 Å². The lowest BCUT2D eigenvalue weighted by Gasteiger charge is -2.24. The van der Waals surface area contributed by atoms with Crippen LogP contribution in [0.1, 0.15) is 34.7 Å². The van der Waals surface area contributed by atoms with Crippen LogP contribution < -0.4 is 10.6 Å². The van der Waals surface area contributed by atoms with E-state index < -0.39 is 0 Å². The number of hydrogen-bond donors (Lipinski definition) is 2. The Kier molecular flexibility index (Phi) is 6.89. The molecule has 1 amide bonds. The Morgan fingerprint density at radius 3 is 2.42 bits per heavy atom. The normalized spacial score (nSPS) is 21.4. The molecule has 2 aliphatic heterocycles. The Balaban J connectivity index is 1.46. The molecule has 2 fully saturated rings. The van der Waals surface area contributed by atoms with Crippen LogP contribution in [-0.2, 0) is 11.2 Å². The van der Waals surface area contributed by atoms with Crippen LogP contribution >= 0.6 is 11.8 Å². The highest BCUT2D eigenvalue weighted by Crippen LogP contribution is 2.23. The summed E-state index contributed by atoms with van der Waals surface area (Å²) in [6.45, 7) is 1.59. The van der Waals surface area contributed by atoms with Crippen LogP contribution in [0, 0.1) is 22.7 Å². The van der Waals surface area contributed by atoms with E-state index in [0.717, 1.165) is 48.7 Å². The van der Waals surface area contributed by atoms with Gasteiger partial charge in [0.15, 0.2) is 0 Å². The third-order valence-electron chi connectivity index (χ3n) is 5.90. The van der Waals surface area contributed by atoms with E-state index in [1.54, 1.807) is 11.8 Å². The summed E-state index contributed by atoms with van der Waals surface area (Å²) in [6.07, 6.45) is 1.52. The number of nitrogens with zero attached hydrogens (tertiary/aromatic N) is 3. The SMILES string of the molecule is N#Cc1ccc(CC(N[C@@H]2CN[C@H](C(=O)N3CCSC3)C2)c2ccc(C#N)cc2)cc1. The van der Waals surface area contributed by atoms with Crippen molar-refractivity contribution in [3.05, 3.63) is 70.8 Å². The van der Waals surface area contributed by atoms with Crippen molar-refractivity contribution in [3.8, 4) is 12.1 Å². The topological polar surface area (TPSA) is 91.9 Å². The quantitative estimate of drug-likeness (QED) is 0.730. The van der Waals surface area contributed by atoms with Gasteiger partial charge in [0.1, 0.15) is 0 Å². The summed E-state index contributed by atoms with van der Waals surface area (Å²) < 4.78 is 0. The van der Waals surface area contributed by atoms with Crippen LogP contribution in [0.5, 0.6) is 0 Å². The second kappa shape index (κ2) is 9.98. The molecule has 1 unspecified atom stereocenters. The first kappa shape index (κ1) is 21.4. The molecule has 158 valence electrons. The third-order valence-corrected chi connectivity index (χ3v) is 6.86. The van der Waals surface area contributed by atoms with Gasteiger partial charge in [0.05, 0.1) is 35.2 Å². The van der Waals surface area contributed by atoms with Crippen molar-refractivity contribution in [2.75, 3.05) is 24.7 Å². The molecule has 2 N–H and O–H groups in total. The van der Waals surface area contributed by atoms with Crippen LogP contribution in [0.15, 0.2) is 48.5 Å². The number of rotatable bonds is 6. The zero-order valence-corrected chi connectivity index (χ0v) is 18.1. The van der Waals surface area contributed by atoms with Gasteiger partial charge in [-0.25, -0.2) is 0 Å². The molecule has 0 spiro atoms. The molecule has 0 aromatic heterocycles. The molecule has 31 heavy (non-hydrogen) atoms. The summed E-state index contributed by atoms with van der Waals surface area (Å²) in [5.74, 6) is 2.02. The van der Waals surface area contributed by atoms with E-state index in [9.17, 15) is 4.79 Å². The van der Waals surface area contributed by atoms with Gasteiger partial charge in [-0.2, -0.15) is 10.5 Å². The van der Waals surface area contributed by atoms with E-state index >= 15 is 0 Å². The summed E-state index contributed by atoms with van der Waals surface area (Å²) >= 11 is 1.80. The molecule has 2 aromatic carbocycles. The largest absolute Gasteiger partial charge is 0.331 e. The molecular weight excluding hydrogens is 406 g/mol. The highest BCUT2D eigenvalue weighted by molar-refractivity contribution is 7.99. The van der Waals surface area contributed by atoms with Crippen LogP contribution in [-0.4, -0.2) is 47.6 Å². The third kappa shape index (κ3) is 5.26. The lowest BCUT2D eigenvalue weighted by Crippen LogP contribution is -2.42. The Labute approximate surface area is 187 Å². The molecule has 6 nitrogen and oxygen atoms in total. The molecular formula is C24H25N5OS. The monoisotopic (exact) mass is 431 g/mol. The summed E-state index contributed by atoms with van der Waals surface area (Å²) in [7, 11) is 0. The van der Waals surface area contributed by atoms with Crippen molar-refractivity contribution in [3.63, 3.8) is 0 Å². The number of carbonyl (C=O) groups excluding carboxylic acids is 1. The molecule has 0 radical (unpaired) electrons. The second-order valence-electron chi connectivity index (χ2n) is 8.00. The van der Waals surface area contributed by atoms with Crippen LogP contribution in [0.25, 0.3) is 0 Å². The van der Waals surface area contributed by atoms with Gasteiger partial charge >= 0.3 is 0 Å². The fraction of sp³-hybridized carbons (Fsp3) is 0.375. The average Bonchev–Trinajstić information content (AvgIpc) is 3.51. The molecule has 7 heteroatoms. The van der Waals surface area contributed by atoms with Crippen molar-refractivity contribution < 1.29 is 4.79 Å². The first-order valence-corrected chi connectivity index (χ1v) is 11.7. The number of nitrogens with one attached hydrogen (secondary N) is 2. The second-order valence-corrected chi connectivity index (χ2v) is 9.07. The Morgan fingerprint density at radius 2 is 1.81 bits per heavy atom.